The molecule has 0 heterocycles. The fourth-order valence-electron chi connectivity index (χ4n) is 1.59. The molecule has 20 heavy (non-hydrogen) atoms. The van der Waals surface area contributed by atoms with Crippen LogP contribution in [0.15, 0.2) is 42.5 Å². The lowest BCUT2D eigenvalue weighted by molar-refractivity contribution is -0.384. The van der Waals surface area contributed by atoms with Crippen molar-refractivity contribution < 1.29 is 14.8 Å². The lowest BCUT2D eigenvalue weighted by Crippen LogP contribution is -2.12. The van der Waals surface area contributed by atoms with Crippen LogP contribution in [0, 0.1) is 10.1 Å². The molecule has 1 amide bonds. The third kappa shape index (κ3) is 2.86. The second-order valence-corrected chi connectivity index (χ2v) is 4.31. The Morgan fingerprint density at radius 2 is 1.90 bits per heavy atom. The first-order chi connectivity index (χ1) is 9.49. The minimum absolute atomic E-state index is 0.218. The topological polar surface area (TPSA) is 92.5 Å². The summed E-state index contributed by atoms with van der Waals surface area (Å²) >= 11 is 5.63. The number of aromatic hydroxyl groups is 1. The van der Waals surface area contributed by atoms with Gasteiger partial charge < -0.3 is 10.4 Å². The number of anilines is 1. The van der Waals surface area contributed by atoms with Crippen LogP contribution in [0.5, 0.6) is 5.75 Å². The maximum Gasteiger partial charge on any atom is 0.288 e. The van der Waals surface area contributed by atoms with E-state index in [4.69, 9.17) is 11.6 Å². The van der Waals surface area contributed by atoms with Gasteiger partial charge in [0.1, 0.15) is 10.8 Å². The van der Waals surface area contributed by atoms with Gasteiger partial charge >= 0.3 is 0 Å². The molecule has 102 valence electrons. The SMILES string of the molecule is O=C(Nc1ccccc1)c1cc([N+](=O)[O-])c(Cl)cc1O. The van der Waals surface area contributed by atoms with Crippen molar-refractivity contribution in [2.24, 2.45) is 0 Å². The van der Waals surface area contributed by atoms with Crippen molar-refractivity contribution in [2.45, 2.75) is 0 Å². The Morgan fingerprint density at radius 3 is 2.50 bits per heavy atom. The van der Waals surface area contributed by atoms with Gasteiger partial charge in [0.2, 0.25) is 0 Å². The van der Waals surface area contributed by atoms with E-state index in [0.29, 0.717) is 5.69 Å². The van der Waals surface area contributed by atoms with Crippen LogP contribution in [0.25, 0.3) is 0 Å². The molecule has 0 aliphatic heterocycles. The van der Waals surface area contributed by atoms with E-state index in [1.165, 1.54) is 0 Å². The third-order valence-corrected chi connectivity index (χ3v) is 2.84. The third-order valence-electron chi connectivity index (χ3n) is 2.54. The molecule has 0 aliphatic carbocycles. The van der Waals surface area contributed by atoms with Gasteiger partial charge in [-0.25, -0.2) is 0 Å². The molecule has 2 rings (SSSR count). The summed E-state index contributed by atoms with van der Waals surface area (Å²) in [6.45, 7) is 0. The number of hydrogen-bond acceptors (Lipinski definition) is 4. The normalized spacial score (nSPS) is 10.1. The van der Waals surface area contributed by atoms with Gasteiger partial charge in [0.15, 0.2) is 0 Å². The van der Waals surface area contributed by atoms with E-state index < -0.39 is 22.3 Å². The molecule has 0 saturated heterocycles. The number of nitrogens with one attached hydrogen (secondary N) is 1. The van der Waals surface area contributed by atoms with Crippen molar-refractivity contribution in [1.29, 1.82) is 0 Å². The molecule has 0 radical (unpaired) electrons. The van der Waals surface area contributed by atoms with Crippen molar-refractivity contribution >= 4 is 28.9 Å². The number of nitrogens with zero attached hydrogens (tertiary/aromatic N) is 1. The van der Waals surface area contributed by atoms with Gasteiger partial charge in [-0.3, -0.25) is 14.9 Å². The van der Waals surface area contributed by atoms with Crippen molar-refractivity contribution in [3.05, 3.63) is 63.2 Å². The van der Waals surface area contributed by atoms with Crippen molar-refractivity contribution in [2.75, 3.05) is 5.32 Å². The average molecular weight is 293 g/mol. The molecule has 0 fully saturated rings. The summed E-state index contributed by atoms with van der Waals surface area (Å²) in [4.78, 5) is 22.0. The van der Waals surface area contributed by atoms with Gasteiger partial charge in [-0.15, -0.1) is 0 Å². The highest BCUT2D eigenvalue weighted by atomic mass is 35.5. The maximum atomic E-state index is 12.0. The number of para-hydroxylation sites is 1. The quantitative estimate of drug-likeness (QED) is 0.671. The fraction of sp³-hybridized carbons (Fsp3) is 0. The Hall–Kier alpha value is -2.60. The number of phenolic OH excluding ortho intramolecular Hbond substituents is 1. The number of carbonyl (C=O) groups is 1. The average Bonchev–Trinajstić information content (AvgIpc) is 2.39. The molecular formula is C13H9ClN2O4. The van der Waals surface area contributed by atoms with E-state index >= 15 is 0 Å². The number of halogens is 1. The minimum atomic E-state index is -0.721. The molecule has 0 unspecified atom stereocenters. The molecule has 2 aromatic carbocycles. The summed E-state index contributed by atoms with van der Waals surface area (Å²) in [5, 5.41) is 22.7. The Balaban J connectivity index is 2.35. The van der Waals surface area contributed by atoms with Gasteiger partial charge in [0.05, 0.1) is 10.5 Å². The number of nitro groups is 1. The molecule has 2 N–H and O–H groups in total. The molecule has 0 bridgehead atoms. The summed E-state index contributed by atoms with van der Waals surface area (Å²) in [6.07, 6.45) is 0. The lowest BCUT2D eigenvalue weighted by atomic mass is 10.1. The van der Waals surface area contributed by atoms with Gasteiger partial charge in [-0.2, -0.15) is 0 Å². The second kappa shape index (κ2) is 5.58. The molecular weight excluding hydrogens is 284 g/mol. The van der Waals surface area contributed by atoms with Crippen LogP contribution in [0.1, 0.15) is 10.4 Å². The van der Waals surface area contributed by atoms with Crippen molar-refractivity contribution in [3.63, 3.8) is 0 Å². The standard InChI is InChI=1S/C13H9ClN2O4/c14-10-7-12(17)9(6-11(10)16(19)20)13(18)15-8-4-2-1-3-5-8/h1-7,17H,(H,15,18). The maximum absolute atomic E-state index is 12.0. The Labute approximate surface area is 118 Å². The monoisotopic (exact) mass is 292 g/mol. The molecule has 0 aromatic heterocycles. The summed E-state index contributed by atoms with van der Waals surface area (Å²) in [5.74, 6) is -1.08. The van der Waals surface area contributed by atoms with Crippen LogP contribution < -0.4 is 5.32 Å². The van der Waals surface area contributed by atoms with E-state index in [-0.39, 0.29) is 10.6 Å². The second-order valence-electron chi connectivity index (χ2n) is 3.90. The van der Waals surface area contributed by atoms with Crippen LogP contribution in [-0.2, 0) is 0 Å². The van der Waals surface area contributed by atoms with Crippen LogP contribution in [-0.4, -0.2) is 15.9 Å². The van der Waals surface area contributed by atoms with Crippen LogP contribution >= 0.6 is 11.6 Å². The van der Waals surface area contributed by atoms with Crippen molar-refractivity contribution in [3.8, 4) is 5.75 Å². The Morgan fingerprint density at radius 1 is 1.25 bits per heavy atom. The number of phenols is 1. The fourth-order valence-corrected chi connectivity index (χ4v) is 1.82. The summed E-state index contributed by atoms with van der Waals surface area (Å²) in [6, 6.07) is 10.4. The van der Waals surface area contributed by atoms with Gasteiger partial charge in [-0.1, -0.05) is 29.8 Å². The zero-order chi connectivity index (χ0) is 14.7. The van der Waals surface area contributed by atoms with E-state index in [1.54, 1.807) is 30.3 Å². The first-order valence-electron chi connectivity index (χ1n) is 5.52. The summed E-state index contributed by atoms with van der Waals surface area (Å²) in [7, 11) is 0. The number of benzene rings is 2. The van der Waals surface area contributed by atoms with Crippen molar-refractivity contribution in [1.82, 2.24) is 0 Å². The summed E-state index contributed by atoms with van der Waals surface area (Å²) < 4.78 is 0. The summed E-state index contributed by atoms with van der Waals surface area (Å²) in [5.41, 5.74) is -0.151. The largest absolute Gasteiger partial charge is 0.507 e. The highest BCUT2D eigenvalue weighted by molar-refractivity contribution is 6.33. The molecule has 0 saturated carbocycles. The molecule has 2 aromatic rings. The zero-order valence-corrected chi connectivity index (χ0v) is 10.8. The van der Waals surface area contributed by atoms with Crippen LogP contribution in [0.3, 0.4) is 0 Å². The Kier molecular flexibility index (Phi) is 3.86. The molecule has 6 nitrogen and oxygen atoms in total. The van der Waals surface area contributed by atoms with Gasteiger partial charge in [0.25, 0.3) is 11.6 Å². The lowest BCUT2D eigenvalue weighted by Gasteiger charge is -2.07. The number of carbonyl (C=O) groups excluding carboxylic acids is 1. The number of amides is 1. The number of nitro benzene ring substituents is 1. The molecule has 0 aliphatic rings. The van der Waals surface area contributed by atoms with E-state index in [0.717, 1.165) is 12.1 Å². The van der Waals surface area contributed by atoms with E-state index in [1.807, 2.05) is 0 Å². The molecule has 0 spiro atoms. The first-order valence-corrected chi connectivity index (χ1v) is 5.90. The van der Waals surface area contributed by atoms with Crippen LogP contribution in [0.4, 0.5) is 11.4 Å². The number of hydrogen-bond donors (Lipinski definition) is 2. The highest BCUT2D eigenvalue weighted by Crippen LogP contribution is 2.32. The highest BCUT2D eigenvalue weighted by Gasteiger charge is 2.20. The van der Waals surface area contributed by atoms with E-state index in [2.05, 4.69) is 5.32 Å². The number of rotatable bonds is 3. The predicted molar refractivity (Wildman–Crippen MR) is 74.2 cm³/mol. The molecule has 7 heteroatoms. The van der Waals surface area contributed by atoms with Crippen LogP contribution in [0.2, 0.25) is 5.02 Å². The zero-order valence-electron chi connectivity index (χ0n) is 10.0. The van der Waals surface area contributed by atoms with Gasteiger partial charge in [-0.05, 0) is 12.1 Å². The molecule has 0 atom stereocenters. The predicted octanol–water partition coefficient (Wildman–Crippen LogP) is 3.21. The van der Waals surface area contributed by atoms with Gasteiger partial charge in [0, 0.05) is 17.8 Å². The Bertz CT molecular complexity index is 674. The smallest absolute Gasteiger partial charge is 0.288 e. The first kappa shape index (κ1) is 13.8. The van der Waals surface area contributed by atoms with E-state index in [9.17, 15) is 20.0 Å². The minimum Gasteiger partial charge on any atom is -0.507 e.